The monoisotopic (exact) mass is 270 g/mol. The van der Waals surface area contributed by atoms with Crippen LogP contribution in [0.25, 0.3) is 0 Å². The first-order valence-corrected chi connectivity index (χ1v) is 6.14. The summed E-state index contributed by atoms with van der Waals surface area (Å²) in [5, 5.41) is 3.48. The van der Waals surface area contributed by atoms with Crippen LogP contribution in [0.15, 0.2) is 16.7 Å². The first-order chi connectivity index (χ1) is 6.94. The standard InChI is InChI=1S/C12H19BrN2/c1-5-6-12(3,4)15-11-9(2)7-10(13)8-14-11/h7-8H,5-6H2,1-4H3,(H,14,15). The van der Waals surface area contributed by atoms with E-state index in [-0.39, 0.29) is 5.54 Å². The fourth-order valence-corrected chi connectivity index (χ4v) is 2.13. The highest BCUT2D eigenvalue weighted by molar-refractivity contribution is 9.10. The molecule has 2 nitrogen and oxygen atoms in total. The maximum absolute atomic E-state index is 4.39. The normalized spacial score (nSPS) is 11.5. The molecule has 0 atom stereocenters. The fourth-order valence-electron chi connectivity index (χ4n) is 1.68. The second-order valence-electron chi connectivity index (χ2n) is 4.58. The molecule has 0 radical (unpaired) electrons. The first kappa shape index (κ1) is 12.5. The van der Waals surface area contributed by atoms with Gasteiger partial charge in [0.05, 0.1) is 0 Å². The number of hydrogen-bond acceptors (Lipinski definition) is 2. The van der Waals surface area contributed by atoms with E-state index in [4.69, 9.17) is 0 Å². The van der Waals surface area contributed by atoms with Crippen molar-refractivity contribution in [2.24, 2.45) is 0 Å². The van der Waals surface area contributed by atoms with Crippen LogP contribution in [-0.4, -0.2) is 10.5 Å². The van der Waals surface area contributed by atoms with Crippen LogP contribution in [0.2, 0.25) is 0 Å². The summed E-state index contributed by atoms with van der Waals surface area (Å²) in [7, 11) is 0. The number of aryl methyl sites for hydroxylation is 1. The molecule has 3 heteroatoms. The molecule has 84 valence electrons. The maximum Gasteiger partial charge on any atom is 0.129 e. The van der Waals surface area contributed by atoms with Crippen molar-refractivity contribution in [2.45, 2.75) is 46.1 Å². The Hall–Kier alpha value is -0.570. The molecule has 1 N–H and O–H groups in total. The highest BCUT2D eigenvalue weighted by atomic mass is 79.9. The third kappa shape index (κ3) is 3.82. The lowest BCUT2D eigenvalue weighted by Crippen LogP contribution is -2.31. The van der Waals surface area contributed by atoms with Crippen molar-refractivity contribution >= 4 is 21.7 Å². The van der Waals surface area contributed by atoms with E-state index in [1.54, 1.807) is 0 Å². The van der Waals surface area contributed by atoms with Crippen molar-refractivity contribution in [1.82, 2.24) is 4.98 Å². The smallest absolute Gasteiger partial charge is 0.129 e. The summed E-state index contributed by atoms with van der Waals surface area (Å²) in [6, 6.07) is 2.08. The summed E-state index contributed by atoms with van der Waals surface area (Å²) in [6.45, 7) is 8.69. The Labute approximate surface area is 101 Å². The molecular weight excluding hydrogens is 252 g/mol. The van der Waals surface area contributed by atoms with E-state index >= 15 is 0 Å². The van der Waals surface area contributed by atoms with Gasteiger partial charge in [0.15, 0.2) is 0 Å². The molecule has 0 fully saturated rings. The zero-order valence-corrected chi connectivity index (χ0v) is 11.5. The summed E-state index contributed by atoms with van der Waals surface area (Å²) in [5.74, 6) is 0.983. The van der Waals surface area contributed by atoms with Gasteiger partial charge < -0.3 is 5.32 Å². The van der Waals surface area contributed by atoms with Crippen LogP contribution in [-0.2, 0) is 0 Å². The zero-order chi connectivity index (χ0) is 11.5. The molecule has 0 bridgehead atoms. The maximum atomic E-state index is 4.39. The molecular formula is C12H19BrN2. The molecule has 15 heavy (non-hydrogen) atoms. The van der Waals surface area contributed by atoms with E-state index in [1.807, 2.05) is 6.20 Å². The number of halogens is 1. The number of pyridine rings is 1. The van der Waals surface area contributed by atoms with Gasteiger partial charge in [0, 0.05) is 16.2 Å². The van der Waals surface area contributed by atoms with Gasteiger partial charge in [-0.1, -0.05) is 13.3 Å². The van der Waals surface area contributed by atoms with Crippen molar-refractivity contribution in [1.29, 1.82) is 0 Å². The molecule has 0 saturated carbocycles. The summed E-state index contributed by atoms with van der Waals surface area (Å²) < 4.78 is 1.03. The van der Waals surface area contributed by atoms with Gasteiger partial charge in [-0.3, -0.25) is 0 Å². The van der Waals surface area contributed by atoms with E-state index < -0.39 is 0 Å². The van der Waals surface area contributed by atoms with E-state index in [9.17, 15) is 0 Å². The van der Waals surface area contributed by atoms with Crippen molar-refractivity contribution < 1.29 is 0 Å². The Morgan fingerprint density at radius 1 is 1.47 bits per heavy atom. The molecule has 0 saturated heterocycles. The van der Waals surface area contributed by atoms with Crippen molar-refractivity contribution in [2.75, 3.05) is 5.32 Å². The Kier molecular flexibility index (Phi) is 4.14. The highest BCUT2D eigenvalue weighted by Gasteiger charge is 2.17. The molecule has 0 aliphatic carbocycles. The topological polar surface area (TPSA) is 24.9 Å². The van der Waals surface area contributed by atoms with E-state index in [1.165, 1.54) is 12.0 Å². The number of rotatable bonds is 4. The zero-order valence-electron chi connectivity index (χ0n) is 9.89. The molecule has 1 rings (SSSR count). The van der Waals surface area contributed by atoms with Gasteiger partial charge >= 0.3 is 0 Å². The summed E-state index contributed by atoms with van der Waals surface area (Å²) in [5.41, 5.74) is 1.29. The Morgan fingerprint density at radius 2 is 2.13 bits per heavy atom. The lowest BCUT2D eigenvalue weighted by Gasteiger charge is -2.27. The van der Waals surface area contributed by atoms with Gasteiger partial charge in [0.1, 0.15) is 5.82 Å². The van der Waals surface area contributed by atoms with Crippen molar-refractivity contribution in [3.8, 4) is 0 Å². The molecule has 0 aliphatic heterocycles. The molecule has 1 aromatic heterocycles. The van der Waals surface area contributed by atoms with Crippen LogP contribution in [0, 0.1) is 6.92 Å². The first-order valence-electron chi connectivity index (χ1n) is 5.35. The molecule has 0 spiro atoms. The summed E-state index contributed by atoms with van der Waals surface area (Å²) in [6.07, 6.45) is 4.15. The molecule has 0 unspecified atom stereocenters. The minimum absolute atomic E-state index is 0.111. The minimum Gasteiger partial charge on any atom is -0.365 e. The number of hydrogen-bond donors (Lipinski definition) is 1. The van der Waals surface area contributed by atoms with Crippen LogP contribution in [0.3, 0.4) is 0 Å². The van der Waals surface area contributed by atoms with Crippen LogP contribution < -0.4 is 5.32 Å². The van der Waals surface area contributed by atoms with Crippen LogP contribution in [0.4, 0.5) is 5.82 Å². The number of nitrogens with zero attached hydrogens (tertiary/aromatic N) is 1. The van der Waals surface area contributed by atoms with Gasteiger partial charge in [0.2, 0.25) is 0 Å². The quantitative estimate of drug-likeness (QED) is 0.890. The van der Waals surface area contributed by atoms with Gasteiger partial charge in [-0.05, 0) is 54.8 Å². The van der Waals surface area contributed by atoms with Gasteiger partial charge in [-0.2, -0.15) is 0 Å². The number of nitrogens with one attached hydrogen (secondary N) is 1. The van der Waals surface area contributed by atoms with E-state index in [0.29, 0.717) is 0 Å². The van der Waals surface area contributed by atoms with E-state index in [2.05, 4.69) is 60.0 Å². The average molecular weight is 271 g/mol. The van der Waals surface area contributed by atoms with Gasteiger partial charge in [0.25, 0.3) is 0 Å². The second kappa shape index (κ2) is 4.97. The molecule has 0 amide bonds. The van der Waals surface area contributed by atoms with Gasteiger partial charge in [-0.25, -0.2) is 4.98 Å². The SMILES string of the molecule is CCCC(C)(C)Nc1ncc(Br)cc1C. The van der Waals surface area contributed by atoms with Crippen LogP contribution >= 0.6 is 15.9 Å². The molecule has 0 aliphatic rings. The van der Waals surface area contributed by atoms with Gasteiger partial charge in [-0.15, -0.1) is 0 Å². The largest absolute Gasteiger partial charge is 0.365 e. The molecule has 1 heterocycles. The third-order valence-electron chi connectivity index (χ3n) is 2.38. The highest BCUT2D eigenvalue weighted by Crippen LogP contribution is 2.22. The lowest BCUT2D eigenvalue weighted by molar-refractivity contribution is 0.508. The predicted octanol–water partition coefficient (Wildman–Crippen LogP) is 4.14. The minimum atomic E-state index is 0.111. The molecule has 0 aromatic carbocycles. The van der Waals surface area contributed by atoms with Crippen LogP contribution in [0.5, 0.6) is 0 Å². The van der Waals surface area contributed by atoms with Crippen molar-refractivity contribution in [3.63, 3.8) is 0 Å². The molecule has 1 aromatic rings. The summed E-state index contributed by atoms with van der Waals surface area (Å²) >= 11 is 3.42. The number of aromatic nitrogens is 1. The average Bonchev–Trinajstić information content (AvgIpc) is 2.09. The second-order valence-corrected chi connectivity index (χ2v) is 5.49. The fraction of sp³-hybridized carbons (Fsp3) is 0.583. The Morgan fingerprint density at radius 3 is 2.67 bits per heavy atom. The Balaban J connectivity index is 2.80. The van der Waals surface area contributed by atoms with Crippen LogP contribution in [0.1, 0.15) is 39.2 Å². The van der Waals surface area contributed by atoms with Crippen molar-refractivity contribution in [3.05, 3.63) is 22.3 Å². The third-order valence-corrected chi connectivity index (χ3v) is 2.81. The lowest BCUT2D eigenvalue weighted by atomic mass is 9.99. The number of anilines is 1. The predicted molar refractivity (Wildman–Crippen MR) is 69.3 cm³/mol. The van der Waals surface area contributed by atoms with E-state index in [0.717, 1.165) is 16.7 Å². The Bertz CT molecular complexity index is 334. The summed E-state index contributed by atoms with van der Waals surface area (Å²) in [4.78, 5) is 4.39.